The number of imidazole rings is 1. The summed E-state index contributed by atoms with van der Waals surface area (Å²) in [4.78, 5) is 4.33. The first-order valence-corrected chi connectivity index (χ1v) is 8.12. The minimum atomic E-state index is -4.46. The summed E-state index contributed by atoms with van der Waals surface area (Å²) >= 11 is 5.80. The van der Waals surface area contributed by atoms with E-state index >= 15 is 0 Å². The fourth-order valence-corrected chi connectivity index (χ4v) is 2.80. The lowest BCUT2D eigenvalue weighted by Gasteiger charge is -2.12. The third-order valence-electron chi connectivity index (χ3n) is 3.83. The zero-order valence-electron chi connectivity index (χ0n) is 13.4. The Kier molecular flexibility index (Phi) is 5.06. The molecule has 138 valence electrons. The van der Waals surface area contributed by atoms with Crippen LogP contribution in [0.15, 0.2) is 36.4 Å². The number of alkyl halides is 3. The molecule has 0 radical (unpaired) electrons. The van der Waals surface area contributed by atoms with E-state index in [0.717, 1.165) is 12.1 Å². The van der Waals surface area contributed by atoms with Crippen LogP contribution in [0.25, 0.3) is 11.0 Å². The minimum Gasteiger partial charge on any atom is -0.354 e. The van der Waals surface area contributed by atoms with Crippen LogP contribution in [-0.2, 0) is 12.7 Å². The minimum absolute atomic E-state index is 0.0561. The molecule has 0 saturated carbocycles. The van der Waals surface area contributed by atoms with Gasteiger partial charge in [-0.05, 0) is 35.9 Å². The van der Waals surface area contributed by atoms with Crippen LogP contribution in [0.1, 0.15) is 11.1 Å². The Hall–Kier alpha value is -2.32. The molecular weight excluding hydrogens is 372 g/mol. The lowest BCUT2D eigenvalue weighted by atomic mass is 10.2. The Bertz CT molecular complexity index is 936. The van der Waals surface area contributed by atoms with E-state index in [1.807, 2.05) is 0 Å². The summed E-state index contributed by atoms with van der Waals surface area (Å²) < 4.78 is 54.1. The van der Waals surface area contributed by atoms with Gasteiger partial charge in [-0.3, -0.25) is 0 Å². The fraction of sp³-hybridized carbons (Fsp3) is 0.235. The Morgan fingerprint density at radius 3 is 2.58 bits per heavy atom. The Balaban J connectivity index is 2.10. The predicted octanol–water partition coefficient (Wildman–Crippen LogP) is 4.27. The van der Waals surface area contributed by atoms with Crippen molar-refractivity contribution < 1.29 is 17.6 Å². The molecule has 0 aliphatic heterocycles. The molecule has 2 aromatic carbocycles. The number of nitrogens with zero attached hydrogens (tertiary/aromatic N) is 2. The summed E-state index contributed by atoms with van der Waals surface area (Å²) in [6, 6.07) is 7.52. The van der Waals surface area contributed by atoms with E-state index in [1.54, 1.807) is 4.57 Å². The molecular formula is C17H15ClF4N4. The van der Waals surface area contributed by atoms with Gasteiger partial charge in [-0.25, -0.2) is 9.37 Å². The molecule has 1 aromatic heterocycles. The van der Waals surface area contributed by atoms with Crippen molar-refractivity contribution in [3.63, 3.8) is 0 Å². The normalized spacial score (nSPS) is 11.9. The molecule has 1 heterocycles. The quantitative estimate of drug-likeness (QED) is 0.644. The maximum Gasteiger partial charge on any atom is 0.416 e. The summed E-state index contributed by atoms with van der Waals surface area (Å²) in [5, 5.41) is 2.94. The lowest BCUT2D eigenvalue weighted by molar-refractivity contribution is -0.137. The molecule has 0 amide bonds. The first kappa shape index (κ1) is 18.5. The first-order chi connectivity index (χ1) is 12.3. The van der Waals surface area contributed by atoms with Crippen molar-refractivity contribution in [2.45, 2.75) is 12.7 Å². The van der Waals surface area contributed by atoms with Crippen molar-refractivity contribution in [3.8, 4) is 0 Å². The molecule has 0 aliphatic carbocycles. The molecule has 0 saturated heterocycles. The lowest BCUT2D eigenvalue weighted by Crippen LogP contribution is -2.16. The van der Waals surface area contributed by atoms with Crippen LogP contribution < -0.4 is 11.1 Å². The maximum atomic E-state index is 13.4. The number of rotatable bonds is 5. The number of halogens is 5. The second-order valence-electron chi connectivity index (χ2n) is 5.69. The number of nitrogens with one attached hydrogen (secondary N) is 1. The van der Waals surface area contributed by atoms with E-state index in [1.165, 1.54) is 24.3 Å². The highest BCUT2D eigenvalue weighted by atomic mass is 35.5. The van der Waals surface area contributed by atoms with E-state index in [-0.39, 0.29) is 11.6 Å². The molecule has 0 unspecified atom stereocenters. The highest BCUT2D eigenvalue weighted by Crippen LogP contribution is 2.32. The van der Waals surface area contributed by atoms with Crippen LogP contribution in [0.3, 0.4) is 0 Å². The largest absolute Gasteiger partial charge is 0.416 e. The van der Waals surface area contributed by atoms with Crippen molar-refractivity contribution in [3.05, 3.63) is 58.4 Å². The van der Waals surface area contributed by atoms with E-state index in [2.05, 4.69) is 10.3 Å². The van der Waals surface area contributed by atoms with Gasteiger partial charge in [-0.15, -0.1) is 0 Å². The fourth-order valence-electron chi connectivity index (χ4n) is 2.60. The number of hydrogen-bond donors (Lipinski definition) is 2. The van der Waals surface area contributed by atoms with Crippen LogP contribution in [0.5, 0.6) is 0 Å². The summed E-state index contributed by atoms with van der Waals surface area (Å²) in [6.07, 6.45) is -4.46. The summed E-state index contributed by atoms with van der Waals surface area (Å²) in [6.45, 7) is 0.906. The molecule has 3 rings (SSSR count). The van der Waals surface area contributed by atoms with Gasteiger partial charge in [0.05, 0.1) is 28.2 Å². The molecule has 0 aliphatic rings. The van der Waals surface area contributed by atoms with Crippen LogP contribution in [-0.4, -0.2) is 22.6 Å². The average Bonchev–Trinajstić information content (AvgIpc) is 2.92. The molecule has 26 heavy (non-hydrogen) atoms. The summed E-state index contributed by atoms with van der Waals surface area (Å²) in [7, 11) is 0. The van der Waals surface area contributed by atoms with Gasteiger partial charge in [-0.1, -0.05) is 17.7 Å². The smallest absolute Gasteiger partial charge is 0.354 e. The topological polar surface area (TPSA) is 55.9 Å². The second kappa shape index (κ2) is 7.13. The standard InChI is InChI=1S/C17H15ClF4N4/c18-12-7-10(1-3-13(12)19)9-26-15-8-11(17(20,21)22)2-4-14(15)25-16(26)24-6-5-23/h1-4,7-8H,5-6,9,23H2,(H,24,25). The second-order valence-corrected chi connectivity index (χ2v) is 6.09. The summed E-state index contributed by atoms with van der Waals surface area (Å²) in [5.74, 6) is -0.183. The third kappa shape index (κ3) is 3.76. The van der Waals surface area contributed by atoms with Gasteiger partial charge in [-0.2, -0.15) is 13.2 Å². The molecule has 9 heteroatoms. The Labute approximate surface area is 151 Å². The highest BCUT2D eigenvalue weighted by molar-refractivity contribution is 6.30. The van der Waals surface area contributed by atoms with Gasteiger partial charge in [0.2, 0.25) is 5.95 Å². The van der Waals surface area contributed by atoms with Crippen LogP contribution >= 0.6 is 11.6 Å². The number of hydrogen-bond acceptors (Lipinski definition) is 3. The number of benzene rings is 2. The monoisotopic (exact) mass is 386 g/mol. The zero-order valence-corrected chi connectivity index (χ0v) is 14.2. The molecule has 0 atom stereocenters. The molecule has 4 nitrogen and oxygen atoms in total. The van der Waals surface area contributed by atoms with Crippen molar-refractivity contribution in [2.24, 2.45) is 5.73 Å². The first-order valence-electron chi connectivity index (χ1n) is 7.75. The average molecular weight is 387 g/mol. The Morgan fingerprint density at radius 1 is 1.15 bits per heavy atom. The molecule has 3 aromatic rings. The van der Waals surface area contributed by atoms with E-state index < -0.39 is 17.6 Å². The highest BCUT2D eigenvalue weighted by Gasteiger charge is 2.31. The van der Waals surface area contributed by atoms with E-state index in [4.69, 9.17) is 17.3 Å². The van der Waals surface area contributed by atoms with Gasteiger partial charge >= 0.3 is 6.18 Å². The van der Waals surface area contributed by atoms with Gasteiger partial charge < -0.3 is 15.6 Å². The van der Waals surface area contributed by atoms with Crippen LogP contribution in [0, 0.1) is 5.82 Å². The van der Waals surface area contributed by atoms with Crippen LogP contribution in [0.2, 0.25) is 5.02 Å². The van der Waals surface area contributed by atoms with Crippen molar-refractivity contribution in [1.82, 2.24) is 9.55 Å². The van der Waals surface area contributed by atoms with Gasteiger partial charge in [0.25, 0.3) is 0 Å². The van der Waals surface area contributed by atoms with E-state index in [9.17, 15) is 17.6 Å². The van der Waals surface area contributed by atoms with E-state index in [0.29, 0.717) is 35.6 Å². The van der Waals surface area contributed by atoms with Crippen molar-refractivity contribution in [2.75, 3.05) is 18.4 Å². The maximum absolute atomic E-state index is 13.4. The zero-order chi connectivity index (χ0) is 18.9. The number of nitrogens with two attached hydrogens (primary N) is 1. The molecule has 0 spiro atoms. The summed E-state index contributed by atoms with van der Waals surface area (Å²) in [5.41, 5.74) is 6.06. The molecule has 0 bridgehead atoms. The predicted molar refractivity (Wildman–Crippen MR) is 92.8 cm³/mol. The van der Waals surface area contributed by atoms with Crippen molar-refractivity contribution in [1.29, 1.82) is 0 Å². The number of fused-ring (bicyclic) bond motifs is 1. The third-order valence-corrected chi connectivity index (χ3v) is 4.12. The van der Waals surface area contributed by atoms with Gasteiger partial charge in [0.15, 0.2) is 0 Å². The number of anilines is 1. The SMILES string of the molecule is NCCNc1nc2ccc(C(F)(F)F)cc2n1Cc1ccc(F)c(Cl)c1. The van der Waals surface area contributed by atoms with Crippen molar-refractivity contribution >= 4 is 28.6 Å². The molecule has 3 N–H and O–H groups in total. The van der Waals surface area contributed by atoms with Gasteiger partial charge in [0.1, 0.15) is 5.82 Å². The van der Waals surface area contributed by atoms with Gasteiger partial charge in [0, 0.05) is 13.1 Å². The number of aromatic nitrogens is 2. The Morgan fingerprint density at radius 2 is 1.92 bits per heavy atom. The van der Waals surface area contributed by atoms with Crippen LogP contribution in [0.4, 0.5) is 23.5 Å². The molecule has 0 fully saturated rings.